The van der Waals surface area contributed by atoms with Gasteiger partial charge in [0.15, 0.2) is 0 Å². The number of nitrogens with one attached hydrogen (secondary N) is 3. The van der Waals surface area contributed by atoms with Crippen LogP contribution in [0.2, 0.25) is 0 Å². The van der Waals surface area contributed by atoms with Crippen molar-refractivity contribution in [2.75, 3.05) is 24.9 Å². The van der Waals surface area contributed by atoms with Gasteiger partial charge in [-0.3, -0.25) is 0 Å². The highest BCUT2D eigenvalue weighted by Crippen LogP contribution is 2.47. The molecule has 7 aromatic rings. The molecule has 41 heavy (non-hydrogen) atoms. The molecule has 202 valence electrons. The number of anilines is 4. The van der Waals surface area contributed by atoms with Gasteiger partial charge >= 0.3 is 0 Å². The zero-order chi connectivity index (χ0) is 27.8. The fraction of sp³-hybridized carbons (Fsp3) is 0.0625. The Morgan fingerprint density at radius 3 is 1.37 bits per heavy atom. The second-order valence-electron chi connectivity index (χ2n) is 9.31. The summed E-state index contributed by atoms with van der Waals surface area (Å²) in [6.07, 6.45) is 0. The summed E-state index contributed by atoms with van der Waals surface area (Å²) in [5.41, 5.74) is 7.27. The molecule has 0 radical (unpaired) electrons. The number of methoxy groups -OCH3 is 2. The SMILES string of the molecule is COc1ccc(Nc2c(-c3nc4ccccc4s3)[nH]c(-c3nc4ccccc4s3)c2Nc2ccc(OC)cc2)cc1. The van der Waals surface area contributed by atoms with E-state index in [1.165, 1.54) is 0 Å². The zero-order valence-corrected chi connectivity index (χ0v) is 23.9. The zero-order valence-electron chi connectivity index (χ0n) is 22.3. The number of aromatic amines is 1. The standard InChI is InChI=1S/C32H25N5O2S2/c1-38-21-15-11-19(12-16-21)33-27-28(34-20-13-17-22(39-2)18-14-20)30(32-36-24-8-4-6-10-26(24)41-32)37-29(27)31-35-23-7-3-5-9-25(23)40-31/h3-18,33-34,37H,1-2H3. The van der Waals surface area contributed by atoms with Crippen molar-refractivity contribution in [2.24, 2.45) is 0 Å². The van der Waals surface area contributed by atoms with Crippen molar-refractivity contribution in [1.82, 2.24) is 15.0 Å². The van der Waals surface area contributed by atoms with Gasteiger partial charge in [0, 0.05) is 11.4 Å². The second-order valence-corrected chi connectivity index (χ2v) is 11.4. The largest absolute Gasteiger partial charge is 0.497 e. The van der Waals surface area contributed by atoms with Crippen LogP contribution in [0, 0.1) is 0 Å². The highest BCUT2D eigenvalue weighted by Gasteiger charge is 2.25. The number of aromatic nitrogens is 3. The van der Waals surface area contributed by atoms with Crippen LogP contribution in [0.25, 0.3) is 41.8 Å². The van der Waals surface area contributed by atoms with Gasteiger partial charge in [0.1, 0.15) is 32.9 Å². The molecule has 0 saturated heterocycles. The first-order valence-corrected chi connectivity index (χ1v) is 14.6. The third kappa shape index (κ3) is 4.86. The summed E-state index contributed by atoms with van der Waals surface area (Å²) in [5.74, 6) is 1.59. The Morgan fingerprint density at radius 2 is 0.976 bits per heavy atom. The first-order valence-electron chi connectivity index (χ1n) is 13.0. The number of rotatable bonds is 8. The normalized spacial score (nSPS) is 11.2. The van der Waals surface area contributed by atoms with Crippen LogP contribution < -0.4 is 20.1 Å². The van der Waals surface area contributed by atoms with Crippen molar-refractivity contribution < 1.29 is 9.47 Å². The van der Waals surface area contributed by atoms with E-state index in [0.29, 0.717) is 0 Å². The lowest BCUT2D eigenvalue weighted by Crippen LogP contribution is -1.98. The predicted octanol–water partition coefficient (Wildman–Crippen LogP) is 9.07. The molecule has 0 amide bonds. The molecule has 0 bridgehead atoms. The third-order valence-corrected chi connectivity index (χ3v) is 8.84. The number of fused-ring (bicyclic) bond motifs is 2. The van der Waals surface area contributed by atoms with Crippen LogP contribution in [0.4, 0.5) is 22.7 Å². The van der Waals surface area contributed by atoms with E-state index >= 15 is 0 Å². The van der Waals surface area contributed by atoms with Gasteiger partial charge in [-0.1, -0.05) is 24.3 Å². The van der Waals surface area contributed by atoms with Gasteiger partial charge in [0.05, 0.1) is 46.0 Å². The van der Waals surface area contributed by atoms with E-state index in [-0.39, 0.29) is 0 Å². The van der Waals surface area contributed by atoms with Crippen molar-refractivity contribution in [3.63, 3.8) is 0 Å². The van der Waals surface area contributed by atoms with Gasteiger partial charge in [-0.15, -0.1) is 22.7 Å². The van der Waals surface area contributed by atoms with E-state index in [1.807, 2.05) is 84.9 Å². The van der Waals surface area contributed by atoms with Crippen molar-refractivity contribution in [2.45, 2.75) is 0 Å². The molecule has 4 aromatic carbocycles. The summed E-state index contributed by atoms with van der Waals surface area (Å²) in [6, 6.07) is 32.2. The minimum atomic E-state index is 0.794. The first-order chi connectivity index (χ1) is 20.2. The maximum Gasteiger partial charge on any atom is 0.143 e. The Morgan fingerprint density at radius 1 is 0.561 bits per heavy atom. The molecule has 0 unspecified atom stereocenters. The van der Waals surface area contributed by atoms with Crippen molar-refractivity contribution in [3.05, 3.63) is 97.1 Å². The number of H-pyrrole nitrogens is 1. The van der Waals surface area contributed by atoms with Crippen molar-refractivity contribution >= 4 is 65.9 Å². The molecule has 3 aromatic heterocycles. The molecule has 0 spiro atoms. The van der Waals surface area contributed by atoms with Crippen molar-refractivity contribution in [3.8, 4) is 32.9 Å². The molecule has 9 heteroatoms. The topological polar surface area (TPSA) is 84.1 Å². The molecule has 0 saturated carbocycles. The lowest BCUT2D eigenvalue weighted by Gasteiger charge is -2.13. The van der Waals surface area contributed by atoms with Gasteiger partial charge in [-0.2, -0.15) is 0 Å². The summed E-state index contributed by atoms with van der Waals surface area (Å²) in [6.45, 7) is 0. The number of hydrogen-bond acceptors (Lipinski definition) is 8. The molecule has 3 heterocycles. The summed E-state index contributed by atoms with van der Waals surface area (Å²) in [4.78, 5) is 13.7. The van der Waals surface area contributed by atoms with Crippen LogP contribution in [0.5, 0.6) is 11.5 Å². The Hall–Kier alpha value is -4.86. The lowest BCUT2D eigenvalue weighted by atomic mass is 10.2. The summed E-state index contributed by atoms with van der Waals surface area (Å²) < 4.78 is 13.0. The maximum absolute atomic E-state index is 5.39. The predicted molar refractivity (Wildman–Crippen MR) is 171 cm³/mol. The van der Waals surface area contributed by atoms with Crippen LogP contribution in [0.1, 0.15) is 0 Å². The molecule has 0 atom stereocenters. The van der Waals surface area contributed by atoms with Gasteiger partial charge < -0.3 is 25.1 Å². The number of nitrogens with zero attached hydrogens (tertiary/aromatic N) is 2. The second kappa shape index (κ2) is 10.6. The van der Waals surface area contributed by atoms with E-state index in [0.717, 1.165) is 76.1 Å². The maximum atomic E-state index is 5.39. The summed E-state index contributed by atoms with van der Waals surface area (Å²) in [7, 11) is 3.34. The number of hydrogen-bond donors (Lipinski definition) is 3. The highest BCUT2D eigenvalue weighted by atomic mass is 32.1. The van der Waals surface area contributed by atoms with E-state index in [1.54, 1.807) is 36.9 Å². The van der Waals surface area contributed by atoms with Crippen LogP contribution in [0.3, 0.4) is 0 Å². The summed E-state index contributed by atoms with van der Waals surface area (Å²) >= 11 is 3.30. The van der Waals surface area contributed by atoms with Crippen LogP contribution in [0.15, 0.2) is 97.1 Å². The van der Waals surface area contributed by atoms with E-state index in [9.17, 15) is 0 Å². The molecule has 7 nitrogen and oxygen atoms in total. The van der Waals surface area contributed by atoms with Crippen LogP contribution in [-0.2, 0) is 0 Å². The van der Waals surface area contributed by atoms with E-state index < -0.39 is 0 Å². The van der Waals surface area contributed by atoms with Crippen molar-refractivity contribution in [1.29, 1.82) is 0 Å². The molecular weight excluding hydrogens is 551 g/mol. The molecule has 0 aliphatic rings. The quantitative estimate of drug-likeness (QED) is 0.168. The van der Waals surface area contributed by atoms with Gasteiger partial charge in [0.2, 0.25) is 0 Å². The minimum Gasteiger partial charge on any atom is -0.497 e. The smallest absolute Gasteiger partial charge is 0.143 e. The van der Waals surface area contributed by atoms with Gasteiger partial charge in [-0.25, -0.2) is 9.97 Å². The Bertz CT molecular complexity index is 1770. The van der Waals surface area contributed by atoms with Gasteiger partial charge in [0.25, 0.3) is 0 Å². The van der Waals surface area contributed by atoms with E-state index in [4.69, 9.17) is 19.4 Å². The minimum absolute atomic E-state index is 0.794. The van der Waals surface area contributed by atoms with Crippen LogP contribution in [-0.4, -0.2) is 29.2 Å². The van der Waals surface area contributed by atoms with Gasteiger partial charge in [-0.05, 0) is 72.8 Å². The molecule has 0 aliphatic carbocycles. The number of benzene rings is 4. The summed E-state index contributed by atoms with van der Waals surface area (Å²) in [5, 5.41) is 9.11. The third-order valence-electron chi connectivity index (χ3n) is 6.73. The molecule has 0 aliphatic heterocycles. The number of thiazole rings is 2. The number of ether oxygens (including phenoxy) is 2. The Labute approximate surface area is 244 Å². The fourth-order valence-electron chi connectivity index (χ4n) is 4.67. The monoisotopic (exact) mass is 575 g/mol. The van der Waals surface area contributed by atoms with E-state index in [2.05, 4.69) is 27.8 Å². The average molecular weight is 576 g/mol. The highest BCUT2D eigenvalue weighted by molar-refractivity contribution is 7.22. The average Bonchev–Trinajstić information content (AvgIpc) is 3.73. The lowest BCUT2D eigenvalue weighted by molar-refractivity contribution is 0.415. The molecule has 7 rings (SSSR count). The fourth-order valence-corrected chi connectivity index (χ4v) is 6.61. The molecule has 0 fully saturated rings. The Kier molecular flexibility index (Phi) is 6.50. The Balaban J connectivity index is 1.44. The molecular formula is C32H25N5O2S2. The number of para-hydroxylation sites is 2. The molecule has 3 N–H and O–H groups in total. The first kappa shape index (κ1) is 25.1. The van der Waals surface area contributed by atoms with Crippen LogP contribution >= 0.6 is 22.7 Å².